The highest BCUT2D eigenvalue weighted by atomic mass is 35.5. The molecule has 12 heteroatoms. The molecule has 0 atom stereocenters. The highest BCUT2D eigenvalue weighted by Crippen LogP contribution is 2.35. The summed E-state index contributed by atoms with van der Waals surface area (Å²) in [5.74, 6) is 0.0835. The van der Waals surface area contributed by atoms with Crippen LogP contribution in [0.4, 0.5) is 52.5 Å². The molecule has 7 nitrogen and oxygen atoms in total. The molecule has 3 N–H and O–H groups in total. The van der Waals surface area contributed by atoms with Gasteiger partial charge in [0.05, 0.1) is 29.1 Å². The summed E-state index contributed by atoms with van der Waals surface area (Å²) >= 11 is 6.11. The highest BCUT2D eigenvalue weighted by molar-refractivity contribution is 6.33. The fourth-order valence-corrected chi connectivity index (χ4v) is 3.16. The number of nitrogens with one attached hydrogen (secondary N) is 3. The number of ether oxygens (including phenoxy) is 1. The van der Waals surface area contributed by atoms with E-state index in [0.717, 1.165) is 18.2 Å². The Morgan fingerprint density at radius 3 is 2.00 bits per heavy atom. The number of alkyl halides is 3. The number of halogens is 5. The monoisotopic (exact) mass is 504 g/mol. The van der Waals surface area contributed by atoms with Gasteiger partial charge in [0.15, 0.2) is 0 Å². The van der Waals surface area contributed by atoms with Crippen molar-refractivity contribution in [3.8, 4) is 5.75 Å². The van der Waals surface area contributed by atoms with E-state index in [0.29, 0.717) is 17.1 Å². The van der Waals surface area contributed by atoms with Crippen molar-refractivity contribution in [1.29, 1.82) is 0 Å². The van der Waals surface area contributed by atoms with E-state index in [1.807, 2.05) is 0 Å². The summed E-state index contributed by atoms with van der Waals surface area (Å²) in [5, 5.41) is 8.65. The van der Waals surface area contributed by atoms with Crippen molar-refractivity contribution in [3.63, 3.8) is 0 Å². The van der Waals surface area contributed by atoms with Gasteiger partial charge in [0.25, 0.3) is 0 Å². The zero-order chi connectivity index (χ0) is 25.0. The predicted octanol–water partition coefficient (Wildman–Crippen LogP) is 6.92. The number of hydrogen-bond acceptors (Lipinski definition) is 7. The normalized spacial score (nSPS) is 11.1. The van der Waals surface area contributed by atoms with Crippen LogP contribution in [0.25, 0.3) is 0 Å². The maximum absolute atomic E-state index is 13.3. The molecule has 35 heavy (non-hydrogen) atoms. The van der Waals surface area contributed by atoms with Crippen LogP contribution in [-0.2, 0) is 6.18 Å². The van der Waals surface area contributed by atoms with Crippen molar-refractivity contribution in [2.24, 2.45) is 0 Å². The minimum atomic E-state index is -4.56. The van der Waals surface area contributed by atoms with Crippen molar-refractivity contribution < 1.29 is 22.3 Å². The maximum atomic E-state index is 13.3. The summed E-state index contributed by atoms with van der Waals surface area (Å²) in [4.78, 5) is 12.8. The van der Waals surface area contributed by atoms with Gasteiger partial charge in [-0.3, -0.25) is 0 Å². The van der Waals surface area contributed by atoms with Crippen LogP contribution in [0.3, 0.4) is 0 Å². The van der Waals surface area contributed by atoms with E-state index in [2.05, 4.69) is 30.9 Å². The fraction of sp³-hybridized carbons (Fsp3) is 0.0870. The van der Waals surface area contributed by atoms with Crippen molar-refractivity contribution in [3.05, 3.63) is 83.1 Å². The van der Waals surface area contributed by atoms with Gasteiger partial charge < -0.3 is 20.7 Å². The summed E-state index contributed by atoms with van der Waals surface area (Å²) < 4.78 is 58.1. The number of rotatable bonds is 7. The molecule has 180 valence electrons. The van der Waals surface area contributed by atoms with Gasteiger partial charge in [0.2, 0.25) is 17.8 Å². The molecular weight excluding hydrogens is 488 g/mol. The molecule has 0 saturated carbocycles. The lowest BCUT2D eigenvalue weighted by atomic mass is 10.2. The van der Waals surface area contributed by atoms with Crippen LogP contribution in [0.2, 0.25) is 5.02 Å². The smallest absolute Gasteiger partial charge is 0.416 e. The SMILES string of the molecule is COc1ccccc1Nc1nc(Nc2ccc(F)cc2)nc(Nc2cc(C(F)(F)F)ccc2Cl)n1. The second kappa shape index (κ2) is 10.0. The minimum Gasteiger partial charge on any atom is -0.495 e. The van der Waals surface area contributed by atoms with Gasteiger partial charge in [-0.25, -0.2) is 4.39 Å². The van der Waals surface area contributed by atoms with E-state index in [-0.39, 0.29) is 28.6 Å². The Morgan fingerprint density at radius 2 is 1.37 bits per heavy atom. The second-order valence-electron chi connectivity index (χ2n) is 7.08. The van der Waals surface area contributed by atoms with E-state index < -0.39 is 17.6 Å². The molecule has 0 radical (unpaired) electrons. The molecule has 0 amide bonds. The zero-order valence-corrected chi connectivity index (χ0v) is 18.7. The summed E-state index contributed by atoms with van der Waals surface area (Å²) in [7, 11) is 1.50. The third-order valence-corrected chi connectivity index (χ3v) is 4.96. The van der Waals surface area contributed by atoms with Gasteiger partial charge in [-0.2, -0.15) is 28.1 Å². The van der Waals surface area contributed by atoms with E-state index in [9.17, 15) is 17.6 Å². The maximum Gasteiger partial charge on any atom is 0.416 e. The number of anilines is 6. The number of aromatic nitrogens is 3. The lowest BCUT2D eigenvalue weighted by molar-refractivity contribution is -0.137. The molecule has 0 spiro atoms. The molecule has 0 aliphatic carbocycles. The van der Waals surface area contributed by atoms with Crippen molar-refractivity contribution in [2.75, 3.05) is 23.1 Å². The van der Waals surface area contributed by atoms with Crippen molar-refractivity contribution >= 4 is 46.5 Å². The third kappa shape index (κ3) is 6.07. The first kappa shape index (κ1) is 24.0. The standard InChI is InChI=1S/C23H17ClF4N6O/c1-35-19-5-3-2-4-17(19)30-21-32-20(29-15-9-7-14(25)8-10-15)33-22(34-21)31-18-12-13(23(26,27)28)6-11-16(18)24/h2-12H,1H3,(H3,29,30,31,32,33,34). The number of nitrogens with zero attached hydrogens (tertiary/aromatic N) is 3. The van der Waals surface area contributed by atoms with Crippen LogP contribution < -0.4 is 20.7 Å². The van der Waals surface area contributed by atoms with Gasteiger partial charge in [-0.1, -0.05) is 23.7 Å². The first-order valence-corrected chi connectivity index (χ1v) is 10.4. The number of para-hydroxylation sites is 2. The molecule has 3 aromatic carbocycles. The number of hydrogen-bond donors (Lipinski definition) is 3. The van der Waals surface area contributed by atoms with E-state index >= 15 is 0 Å². The summed E-state index contributed by atoms with van der Waals surface area (Å²) in [6.45, 7) is 0. The number of benzene rings is 3. The molecule has 0 fully saturated rings. The van der Waals surface area contributed by atoms with Crippen LogP contribution in [0.15, 0.2) is 66.7 Å². The average Bonchev–Trinajstić information content (AvgIpc) is 2.81. The second-order valence-corrected chi connectivity index (χ2v) is 7.49. The Bertz CT molecular complexity index is 1330. The average molecular weight is 505 g/mol. The molecule has 0 unspecified atom stereocenters. The van der Waals surface area contributed by atoms with Gasteiger partial charge in [-0.05, 0) is 54.6 Å². The summed E-state index contributed by atoms with van der Waals surface area (Å²) in [6, 6.07) is 15.3. The molecule has 1 heterocycles. The fourth-order valence-electron chi connectivity index (χ4n) is 2.99. The summed E-state index contributed by atoms with van der Waals surface area (Å²) in [6.07, 6.45) is -4.56. The minimum absolute atomic E-state index is 0.0330. The Balaban J connectivity index is 1.71. The lowest BCUT2D eigenvalue weighted by Crippen LogP contribution is -2.09. The number of methoxy groups -OCH3 is 1. The molecule has 4 aromatic rings. The van der Waals surface area contributed by atoms with Gasteiger partial charge >= 0.3 is 6.18 Å². The van der Waals surface area contributed by atoms with E-state index in [4.69, 9.17) is 16.3 Å². The Hall–Kier alpha value is -4.12. The summed E-state index contributed by atoms with van der Waals surface area (Å²) in [5.41, 5.74) is 0.0695. The van der Waals surface area contributed by atoms with Crippen LogP contribution >= 0.6 is 11.6 Å². The molecule has 4 rings (SSSR count). The molecular formula is C23H17ClF4N6O. The quantitative estimate of drug-likeness (QED) is 0.235. The molecule has 0 saturated heterocycles. The van der Waals surface area contributed by atoms with Crippen LogP contribution in [0.1, 0.15) is 5.56 Å². The lowest BCUT2D eigenvalue weighted by Gasteiger charge is -2.14. The van der Waals surface area contributed by atoms with E-state index in [1.165, 1.54) is 31.4 Å². The third-order valence-electron chi connectivity index (χ3n) is 4.63. The van der Waals surface area contributed by atoms with Crippen LogP contribution in [0.5, 0.6) is 5.75 Å². The van der Waals surface area contributed by atoms with Gasteiger partial charge in [0.1, 0.15) is 11.6 Å². The van der Waals surface area contributed by atoms with Crippen LogP contribution in [0, 0.1) is 5.82 Å². The molecule has 0 aliphatic heterocycles. The Labute approximate surface area is 202 Å². The van der Waals surface area contributed by atoms with Crippen molar-refractivity contribution in [1.82, 2.24) is 15.0 Å². The molecule has 1 aromatic heterocycles. The van der Waals surface area contributed by atoms with Crippen molar-refractivity contribution in [2.45, 2.75) is 6.18 Å². The molecule has 0 bridgehead atoms. The van der Waals surface area contributed by atoms with E-state index in [1.54, 1.807) is 24.3 Å². The Kier molecular flexibility index (Phi) is 6.87. The topological polar surface area (TPSA) is 84.0 Å². The van der Waals surface area contributed by atoms with Crippen LogP contribution in [-0.4, -0.2) is 22.1 Å². The first-order chi connectivity index (χ1) is 16.7. The molecule has 0 aliphatic rings. The first-order valence-electron chi connectivity index (χ1n) is 10.0. The largest absolute Gasteiger partial charge is 0.495 e. The predicted molar refractivity (Wildman–Crippen MR) is 126 cm³/mol. The van der Waals surface area contributed by atoms with Gasteiger partial charge in [-0.15, -0.1) is 0 Å². The zero-order valence-electron chi connectivity index (χ0n) is 18.0. The van der Waals surface area contributed by atoms with Gasteiger partial charge in [0, 0.05) is 5.69 Å². The Morgan fingerprint density at radius 1 is 0.771 bits per heavy atom. The highest BCUT2D eigenvalue weighted by Gasteiger charge is 2.31.